The van der Waals surface area contributed by atoms with E-state index in [4.69, 9.17) is 0 Å². The molecule has 1 amide bonds. The summed E-state index contributed by atoms with van der Waals surface area (Å²) in [7, 11) is 0. The highest BCUT2D eigenvalue weighted by Crippen LogP contribution is 2.32. The first-order valence-corrected chi connectivity index (χ1v) is 13.2. The van der Waals surface area contributed by atoms with Crippen LogP contribution in [0.25, 0.3) is 10.4 Å². The lowest BCUT2D eigenvalue weighted by Crippen LogP contribution is -2.45. The first-order valence-electron chi connectivity index (χ1n) is 12.3. The van der Waals surface area contributed by atoms with Crippen LogP contribution in [0.1, 0.15) is 62.5 Å². The molecule has 3 aromatic rings. The fraction of sp³-hybridized carbons (Fsp3) is 0.481. The number of hydrogen-bond donors (Lipinski definition) is 2. The number of aliphatic hydroxyl groups excluding tert-OH is 2. The van der Waals surface area contributed by atoms with Gasteiger partial charge in [0.1, 0.15) is 6.04 Å². The average molecular weight is 511 g/mol. The van der Waals surface area contributed by atoms with Crippen molar-refractivity contribution in [3.05, 3.63) is 59.3 Å². The molecule has 0 saturated carbocycles. The van der Waals surface area contributed by atoms with Crippen LogP contribution in [0.2, 0.25) is 0 Å². The number of rotatable bonds is 9. The van der Waals surface area contributed by atoms with Crippen LogP contribution in [0.3, 0.4) is 0 Å². The topological polar surface area (TPSA) is 109 Å². The number of benzene rings is 1. The van der Waals surface area contributed by atoms with Gasteiger partial charge in [-0.05, 0) is 29.9 Å². The highest BCUT2D eigenvalue weighted by molar-refractivity contribution is 7.13. The molecule has 0 aliphatic carbocycles. The van der Waals surface area contributed by atoms with Gasteiger partial charge in [0.2, 0.25) is 5.91 Å². The van der Waals surface area contributed by atoms with Crippen LogP contribution in [0.15, 0.2) is 42.3 Å². The van der Waals surface area contributed by atoms with Crippen molar-refractivity contribution >= 4 is 23.0 Å². The SMILES string of the molecule is Cc1cn([C@H](C(=O)N2C[C@H](O)C[C@H]2C(=O)C[C@@H](C)c2ccc(-c3scnc3CO)cc2)C(C)C)cn1. The third kappa shape index (κ3) is 5.43. The lowest BCUT2D eigenvalue weighted by molar-refractivity contribution is -0.141. The quantitative estimate of drug-likeness (QED) is 0.454. The Labute approximate surface area is 215 Å². The molecule has 1 saturated heterocycles. The van der Waals surface area contributed by atoms with E-state index in [1.807, 2.05) is 62.7 Å². The normalized spacial score (nSPS) is 19.6. The van der Waals surface area contributed by atoms with Crippen LogP contribution in [-0.4, -0.2) is 60.0 Å². The molecule has 1 aliphatic rings. The highest BCUT2D eigenvalue weighted by atomic mass is 32.1. The van der Waals surface area contributed by atoms with E-state index < -0.39 is 18.2 Å². The minimum Gasteiger partial charge on any atom is -0.391 e. The minimum atomic E-state index is -0.713. The second-order valence-electron chi connectivity index (χ2n) is 10.0. The maximum Gasteiger partial charge on any atom is 0.246 e. The fourth-order valence-corrected chi connectivity index (χ4v) is 5.83. The average Bonchev–Trinajstić information content (AvgIpc) is 3.58. The van der Waals surface area contributed by atoms with Crippen LogP contribution in [0, 0.1) is 12.8 Å². The van der Waals surface area contributed by atoms with Crippen molar-refractivity contribution in [2.75, 3.05) is 6.54 Å². The van der Waals surface area contributed by atoms with Crippen molar-refractivity contribution < 1.29 is 19.8 Å². The number of imidazole rings is 1. The van der Waals surface area contributed by atoms with Crippen LogP contribution < -0.4 is 0 Å². The van der Waals surface area contributed by atoms with E-state index in [9.17, 15) is 19.8 Å². The number of ketones is 1. The number of carbonyl (C=O) groups is 2. The molecule has 9 heteroatoms. The largest absolute Gasteiger partial charge is 0.391 e. The van der Waals surface area contributed by atoms with Gasteiger partial charge in [0.25, 0.3) is 0 Å². The van der Waals surface area contributed by atoms with Gasteiger partial charge in [-0.1, -0.05) is 45.0 Å². The first kappa shape index (κ1) is 26.2. The van der Waals surface area contributed by atoms with Gasteiger partial charge in [0.05, 0.1) is 46.9 Å². The second kappa shape index (κ2) is 11.0. The van der Waals surface area contributed by atoms with Crippen molar-refractivity contribution in [1.82, 2.24) is 19.4 Å². The predicted octanol–water partition coefficient (Wildman–Crippen LogP) is 3.73. The number of thiazole rings is 1. The molecule has 1 fully saturated rings. The van der Waals surface area contributed by atoms with Crippen molar-refractivity contribution in [1.29, 1.82) is 0 Å². The molecule has 1 aliphatic heterocycles. The number of amides is 1. The molecule has 4 atom stereocenters. The number of β-amino-alcohol motifs (C(OH)–C–C–N with tert-alkyl or cyclic N) is 1. The molecule has 36 heavy (non-hydrogen) atoms. The maximum absolute atomic E-state index is 13.6. The lowest BCUT2D eigenvalue weighted by Gasteiger charge is -2.31. The molecule has 2 aromatic heterocycles. The van der Waals surface area contributed by atoms with Crippen molar-refractivity contribution in [3.8, 4) is 10.4 Å². The molecule has 0 spiro atoms. The summed E-state index contributed by atoms with van der Waals surface area (Å²) in [6.07, 6.45) is 3.32. The Kier molecular flexibility index (Phi) is 8.02. The Hall–Kier alpha value is -2.88. The van der Waals surface area contributed by atoms with Gasteiger partial charge in [-0.3, -0.25) is 9.59 Å². The second-order valence-corrected chi connectivity index (χ2v) is 10.9. The summed E-state index contributed by atoms with van der Waals surface area (Å²) in [4.78, 5) is 38.0. The molecule has 2 N–H and O–H groups in total. The summed E-state index contributed by atoms with van der Waals surface area (Å²) in [5.74, 6) is -0.233. The van der Waals surface area contributed by atoms with Crippen molar-refractivity contribution in [2.24, 2.45) is 5.92 Å². The summed E-state index contributed by atoms with van der Waals surface area (Å²) < 4.78 is 1.81. The van der Waals surface area contributed by atoms with Crippen LogP contribution in [-0.2, 0) is 16.2 Å². The van der Waals surface area contributed by atoms with Gasteiger partial charge in [-0.15, -0.1) is 11.3 Å². The molecule has 8 nitrogen and oxygen atoms in total. The van der Waals surface area contributed by atoms with E-state index in [1.165, 1.54) is 11.3 Å². The summed E-state index contributed by atoms with van der Waals surface area (Å²) in [6.45, 7) is 7.89. The number of aromatic nitrogens is 3. The van der Waals surface area contributed by atoms with Crippen molar-refractivity contribution in [3.63, 3.8) is 0 Å². The van der Waals surface area contributed by atoms with E-state index >= 15 is 0 Å². The molecule has 4 rings (SSSR count). The molecule has 3 heterocycles. The van der Waals surface area contributed by atoms with Gasteiger partial charge in [0, 0.05) is 25.6 Å². The zero-order valence-electron chi connectivity index (χ0n) is 21.2. The number of likely N-dealkylation sites (tertiary alicyclic amines) is 1. The smallest absolute Gasteiger partial charge is 0.246 e. The van der Waals surface area contributed by atoms with E-state index in [0.717, 1.165) is 21.7 Å². The Morgan fingerprint density at radius 3 is 2.50 bits per heavy atom. The summed E-state index contributed by atoms with van der Waals surface area (Å²) in [6, 6.07) is 6.85. The Bertz CT molecular complexity index is 1200. The number of aliphatic hydroxyl groups is 2. The van der Waals surface area contributed by atoms with E-state index in [0.29, 0.717) is 5.69 Å². The molecular weight excluding hydrogens is 476 g/mol. The Morgan fingerprint density at radius 1 is 1.17 bits per heavy atom. The lowest BCUT2D eigenvalue weighted by atomic mass is 9.91. The van der Waals surface area contributed by atoms with Crippen LogP contribution in [0.4, 0.5) is 0 Å². The van der Waals surface area contributed by atoms with Gasteiger partial charge in [0.15, 0.2) is 5.78 Å². The van der Waals surface area contributed by atoms with Crippen LogP contribution >= 0.6 is 11.3 Å². The summed E-state index contributed by atoms with van der Waals surface area (Å²) in [5, 5.41) is 19.9. The van der Waals surface area contributed by atoms with Gasteiger partial charge in [-0.25, -0.2) is 9.97 Å². The van der Waals surface area contributed by atoms with Crippen molar-refractivity contribution in [2.45, 2.75) is 71.2 Å². The van der Waals surface area contributed by atoms with Gasteiger partial charge >= 0.3 is 0 Å². The monoisotopic (exact) mass is 510 g/mol. The van der Waals surface area contributed by atoms with Gasteiger partial charge < -0.3 is 19.7 Å². The molecule has 192 valence electrons. The minimum absolute atomic E-state index is 0.00178. The molecule has 0 unspecified atom stereocenters. The zero-order chi connectivity index (χ0) is 26.0. The third-order valence-electron chi connectivity index (χ3n) is 6.91. The van der Waals surface area contributed by atoms with E-state index in [1.54, 1.807) is 16.7 Å². The van der Waals surface area contributed by atoms with E-state index in [-0.39, 0.29) is 49.5 Å². The number of nitrogens with zero attached hydrogens (tertiary/aromatic N) is 4. The number of carbonyl (C=O) groups excluding carboxylic acids is 2. The number of hydrogen-bond acceptors (Lipinski definition) is 7. The number of Topliss-reactive ketones (excluding diaryl/α,β-unsaturated/α-hetero) is 1. The molecule has 1 aromatic carbocycles. The molecule has 0 radical (unpaired) electrons. The zero-order valence-corrected chi connectivity index (χ0v) is 22.0. The molecule has 0 bridgehead atoms. The van der Waals surface area contributed by atoms with Gasteiger partial charge in [-0.2, -0.15) is 0 Å². The third-order valence-corrected chi connectivity index (χ3v) is 7.83. The highest BCUT2D eigenvalue weighted by Gasteiger charge is 2.42. The van der Waals surface area contributed by atoms with E-state index in [2.05, 4.69) is 9.97 Å². The predicted molar refractivity (Wildman–Crippen MR) is 138 cm³/mol. The summed E-state index contributed by atoms with van der Waals surface area (Å²) in [5.41, 5.74) is 5.20. The maximum atomic E-state index is 13.6. The van der Waals surface area contributed by atoms with Crippen LogP contribution in [0.5, 0.6) is 0 Å². The molecular formula is C27H34N4O4S. The fourth-order valence-electron chi connectivity index (χ4n) is 5.02. The Morgan fingerprint density at radius 2 is 1.89 bits per heavy atom. The first-order chi connectivity index (χ1) is 17.2. The number of aryl methyl sites for hydroxylation is 1. The standard InChI is InChI=1S/C27H34N4O4S/c1-16(2)25(30-11-18(4)28-14-30)27(35)31-12-21(33)10-23(31)24(34)9-17(3)19-5-7-20(8-6-19)26-22(13-32)29-15-36-26/h5-8,11,14-17,21,23,25,32-33H,9-10,12-13H2,1-4H3/t17-,21-,23+,25+/m1/s1. The summed E-state index contributed by atoms with van der Waals surface area (Å²) >= 11 is 1.48. The Balaban J connectivity index is 1.47.